The van der Waals surface area contributed by atoms with Crippen LogP contribution in [-0.2, 0) is 9.47 Å². The van der Waals surface area contributed by atoms with Crippen LogP contribution in [0.1, 0.15) is 73.5 Å². The molecule has 0 unspecified atom stereocenters. The lowest BCUT2D eigenvalue weighted by atomic mass is 10.1. The highest BCUT2D eigenvalue weighted by atomic mass is 79.9. The van der Waals surface area contributed by atoms with E-state index in [1.807, 2.05) is 54.6 Å². The van der Waals surface area contributed by atoms with E-state index in [-0.39, 0.29) is 11.9 Å². The molecule has 0 amide bonds. The number of esters is 2. The monoisotopic (exact) mass is 837 g/mol. The molecule has 0 atom stereocenters. The van der Waals surface area contributed by atoms with E-state index in [0.717, 1.165) is 46.9 Å². The van der Waals surface area contributed by atoms with Crippen molar-refractivity contribution in [3.05, 3.63) is 113 Å². The van der Waals surface area contributed by atoms with Crippen molar-refractivity contribution in [3.8, 4) is 22.5 Å². The second kappa shape index (κ2) is 22.4. The van der Waals surface area contributed by atoms with E-state index in [2.05, 4.69) is 48.2 Å². The molecule has 0 aliphatic carbocycles. The van der Waals surface area contributed by atoms with Gasteiger partial charge in [0.15, 0.2) is 5.82 Å². The fraction of sp³-hybridized carbons (Fsp3) is 0.333. The van der Waals surface area contributed by atoms with E-state index in [1.165, 1.54) is 78.7 Å². The number of nitrogens with one attached hydrogen (secondary N) is 1. The SMILES string of the molecule is C1CCCNCC1.COC(=O)c1ccc2nc(Br)c(-c3ccccc3)nc2c1.COC(=O)c1ccc2nc(N3CCCCCC3)c(-c3ccccc3)nc2c1.[2H]CF. The number of rotatable bonds is 5. The first-order chi connectivity index (χ1) is 28.4. The number of benzene rings is 4. The summed E-state index contributed by atoms with van der Waals surface area (Å²) in [6.07, 6.45) is 10.5. The summed E-state index contributed by atoms with van der Waals surface area (Å²) in [5, 5.41) is 3.35. The molecule has 298 valence electrons. The Balaban J connectivity index is 0.000000182. The van der Waals surface area contributed by atoms with E-state index in [1.54, 1.807) is 30.3 Å². The fourth-order valence-corrected chi connectivity index (χ4v) is 7.13. The smallest absolute Gasteiger partial charge is 0.337 e. The van der Waals surface area contributed by atoms with Crippen LogP contribution in [0.25, 0.3) is 44.6 Å². The number of alkyl halides is 1. The van der Waals surface area contributed by atoms with Crippen LogP contribution < -0.4 is 10.2 Å². The first kappa shape index (κ1) is 41.3. The zero-order valence-electron chi connectivity index (χ0n) is 33.6. The molecule has 2 aliphatic heterocycles. The van der Waals surface area contributed by atoms with Gasteiger partial charge in [-0.2, -0.15) is 0 Å². The topological polar surface area (TPSA) is 119 Å². The number of halogens is 2. The van der Waals surface area contributed by atoms with Gasteiger partial charge >= 0.3 is 11.9 Å². The number of methoxy groups -OCH3 is 2. The van der Waals surface area contributed by atoms with Gasteiger partial charge in [0, 0.05) is 24.2 Å². The van der Waals surface area contributed by atoms with Crippen LogP contribution in [-0.4, -0.2) is 79.4 Å². The molecule has 1 N–H and O–H groups in total. The maximum Gasteiger partial charge on any atom is 0.337 e. The maximum absolute atomic E-state index is 11.9. The largest absolute Gasteiger partial charge is 0.465 e. The molecule has 4 heterocycles. The van der Waals surface area contributed by atoms with Crippen molar-refractivity contribution in [2.75, 3.05) is 52.5 Å². The highest BCUT2D eigenvalue weighted by Gasteiger charge is 2.20. The number of fused-ring (bicyclic) bond motifs is 2. The minimum atomic E-state index is -1.00. The summed E-state index contributed by atoms with van der Waals surface area (Å²) in [7, 11) is 1.74. The van der Waals surface area contributed by atoms with Gasteiger partial charge in [-0.25, -0.2) is 29.5 Å². The standard InChI is InChI=1S/C22H23N3O2.C16H11BrN2O2.C6H13N.CH3F/c1-27-22(26)17-11-12-18-19(15-17)23-20(16-9-5-4-6-10-16)21(24-18)25-13-7-2-3-8-14-25;1-21-16(20)11-7-8-12-13(9-11)18-14(15(17)19-12)10-5-3-2-4-6-10;1-2-4-6-7-5-3-1;1-2/h4-6,9-12,15H,2-3,7-8,13-14H2,1H3;2-9H,1H3;7H,1-6H2;1H3/i;;;1D. The third-order valence-electron chi connectivity index (χ3n) is 9.57. The zero-order chi connectivity index (χ0) is 41.1. The summed E-state index contributed by atoms with van der Waals surface area (Å²) < 4.78 is 25.7. The lowest BCUT2D eigenvalue weighted by molar-refractivity contribution is 0.0592. The predicted octanol–water partition coefficient (Wildman–Crippen LogP) is 10.0. The molecular weight excluding hydrogens is 787 g/mol. The highest BCUT2D eigenvalue weighted by molar-refractivity contribution is 9.10. The van der Waals surface area contributed by atoms with Crippen molar-refractivity contribution >= 4 is 55.8 Å². The minimum absolute atomic E-state index is 0.364. The van der Waals surface area contributed by atoms with Crippen molar-refractivity contribution in [2.45, 2.75) is 51.4 Å². The molecule has 2 aromatic heterocycles. The van der Waals surface area contributed by atoms with Crippen LogP contribution in [0.3, 0.4) is 0 Å². The van der Waals surface area contributed by atoms with Crippen LogP contribution in [0.4, 0.5) is 10.2 Å². The number of hydrogen-bond donors (Lipinski definition) is 1. The molecule has 2 aliphatic rings. The molecule has 8 rings (SSSR count). The van der Waals surface area contributed by atoms with Gasteiger partial charge in [-0.3, -0.25) is 4.39 Å². The Morgan fingerprint density at radius 3 is 1.60 bits per heavy atom. The summed E-state index contributed by atoms with van der Waals surface area (Å²) in [4.78, 5) is 44.8. The lowest BCUT2D eigenvalue weighted by Crippen LogP contribution is -2.26. The summed E-state index contributed by atoms with van der Waals surface area (Å²) >= 11 is 3.45. The second-order valence-electron chi connectivity index (χ2n) is 13.4. The quantitative estimate of drug-likeness (QED) is 0.168. The lowest BCUT2D eigenvalue weighted by Gasteiger charge is -2.24. The van der Waals surface area contributed by atoms with Gasteiger partial charge in [0.05, 0.1) is 55.9 Å². The molecule has 4 aromatic carbocycles. The predicted molar refractivity (Wildman–Crippen MR) is 229 cm³/mol. The summed E-state index contributed by atoms with van der Waals surface area (Å²) in [6.45, 7) is 4.50. The van der Waals surface area contributed by atoms with E-state index in [4.69, 9.17) is 20.8 Å². The normalized spacial score (nSPS) is 14.2. The van der Waals surface area contributed by atoms with Gasteiger partial charge in [-0.15, -0.1) is 0 Å². The Labute approximate surface area is 343 Å². The van der Waals surface area contributed by atoms with Crippen LogP contribution in [0, 0.1) is 0 Å². The van der Waals surface area contributed by atoms with Crippen molar-refractivity contribution in [1.82, 2.24) is 25.3 Å². The Morgan fingerprint density at radius 2 is 1.09 bits per heavy atom. The van der Waals surface area contributed by atoms with Gasteiger partial charge in [-0.1, -0.05) is 86.3 Å². The van der Waals surface area contributed by atoms with Crippen molar-refractivity contribution < 1.29 is 24.8 Å². The molecule has 2 saturated heterocycles. The number of hydrogen-bond acceptors (Lipinski definition) is 10. The first-order valence-electron chi connectivity index (χ1n) is 19.9. The average molecular weight is 839 g/mol. The third-order valence-corrected chi connectivity index (χ3v) is 10.1. The van der Waals surface area contributed by atoms with Crippen LogP contribution in [0.5, 0.6) is 0 Å². The summed E-state index contributed by atoms with van der Waals surface area (Å²) in [6, 6.07) is 30.4. The zero-order valence-corrected chi connectivity index (χ0v) is 34.1. The number of nitrogens with zero attached hydrogens (tertiary/aromatic N) is 5. The number of ether oxygens (including phenoxy) is 2. The van der Waals surface area contributed by atoms with Gasteiger partial charge in [0.25, 0.3) is 0 Å². The highest BCUT2D eigenvalue weighted by Crippen LogP contribution is 2.32. The minimum Gasteiger partial charge on any atom is -0.465 e. The van der Waals surface area contributed by atoms with E-state index < -0.39 is 7.15 Å². The molecule has 2 fully saturated rings. The molecule has 57 heavy (non-hydrogen) atoms. The van der Waals surface area contributed by atoms with Gasteiger partial charge < -0.3 is 19.7 Å². The van der Waals surface area contributed by atoms with Crippen LogP contribution in [0.15, 0.2) is 102 Å². The van der Waals surface area contributed by atoms with Gasteiger partial charge in [0.2, 0.25) is 0 Å². The van der Waals surface area contributed by atoms with E-state index in [0.29, 0.717) is 32.3 Å². The van der Waals surface area contributed by atoms with Crippen LogP contribution >= 0.6 is 15.9 Å². The third kappa shape index (κ3) is 11.8. The molecule has 0 radical (unpaired) electrons. The van der Waals surface area contributed by atoms with E-state index in [9.17, 15) is 14.0 Å². The molecule has 0 saturated carbocycles. The maximum atomic E-state index is 11.9. The molecule has 10 nitrogen and oxygen atoms in total. The van der Waals surface area contributed by atoms with E-state index >= 15 is 0 Å². The number of carbonyl (C=O) groups excluding carboxylic acids is 2. The number of aromatic nitrogens is 4. The second-order valence-corrected chi connectivity index (χ2v) is 14.2. The molecule has 0 spiro atoms. The Hall–Kier alpha value is -5.33. The Morgan fingerprint density at radius 1 is 0.632 bits per heavy atom. The fourth-order valence-electron chi connectivity index (χ4n) is 6.62. The molecule has 6 aromatic rings. The number of carbonyl (C=O) groups is 2. The Bertz CT molecular complexity index is 2210. The Kier molecular flexibility index (Phi) is 16.2. The van der Waals surface area contributed by atoms with Gasteiger partial charge in [-0.05, 0) is 91.1 Å². The number of anilines is 1. The van der Waals surface area contributed by atoms with Crippen LogP contribution in [0.2, 0.25) is 0 Å². The van der Waals surface area contributed by atoms with Crippen molar-refractivity contribution in [3.63, 3.8) is 0 Å². The average Bonchev–Trinajstić information content (AvgIpc) is 3.75. The molecule has 12 heteroatoms. The molecule has 0 bridgehead atoms. The molecular formula is C45H50BrFN6O4. The first-order valence-corrected chi connectivity index (χ1v) is 20.0. The summed E-state index contributed by atoms with van der Waals surface area (Å²) in [5.41, 5.74) is 7.42. The van der Waals surface area contributed by atoms with Crippen molar-refractivity contribution in [1.29, 1.82) is 0 Å². The van der Waals surface area contributed by atoms with Gasteiger partial charge in [0.1, 0.15) is 16.0 Å². The van der Waals surface area contributed by atoms with Crippen molar-refractivity contribution in [2.24, 2.45) is 0 Å². The summed E-state index contributed by atoms with van der Waals surface area (Å²) in [5.74, 6) is 0.181.